The zero-order valence-corrected chi connectivity index (χ0v) is 9.93. The van der Waals surface area contributed by atoms with Crippen LogP contribution in [-0.2, 0) is 0 Å². The average molecular weight is 273 g/mol. The Hall–Kier alpha value is -1.59. The Kier molecular flexibility index (Phi) is 3.31. The van der Waals surface area contributed by atoms with Crippen molar-refractivity contribution in [2.45, 2.75) is 0 Å². The molecule has 2 aromatic rings. The molecule has 3 N–H and O–H groups in total. The van der Waals surface area contributed by atoms with E-state index >= 15 is 0 Å². The molecule has 0 amide bonds. The molecular weight excluding hydrogens is 266 g/mol. The molecule has 1 aromatic carbocycles. The van der Waals surface area contributed by atoms with E-state index in [1.165, 1.54) is 24.4 Å². The van der Waals surface area contributed by atoms with Gasteiger partial charge in [0.15, 0.2) is 5.82 Å². The molecule has 7 heteroatoms. The van der Waals surface area contributed by atoms with Crippen LogP contribution in [0.1, 0.15) is 0 Å². The lowest BCUT2D eigenvalue weighted by Gasteiger charge is -2.08. The third-order valence-electron chi connectivity index (χ3n) is 1.95. The van der Waals surface area contributed by atoms with Crippen LogP contribution in [0.2, 0.25) is 10.0 Å². The first-order valence-corrected chi connectivity index (χ1v) is 5.32. The van der Waals surface area contributed by atoms with Gasteiger partial charge in [0.05, 0.1) is 11.2 Å². The smallest absolute Gasteiger partial charge is 0.222 e. The van der Waals surface area contributed by atoms with Crippen LogP contribution in [0.4, 0.5) is 21.8 Å². The molecule has 0 radical (unpaired) electrons. The van der Waals surface area contributed by atoms with Crippen LogP contribution in [0.25, 0.3) is 0 Å². The summed E-state index contributed by atoms with van der Waals surface area (Å²) in [6.45, 7) is 0. The number of aromatic nitrogens is 2. The lowest BCUT2D eigenvalue weighted by molar-refractivity contribution is 0.628. The number of nitrogens with two attached hydrogens (primary N) is 1. The Morgan fingerprint density at radius 3 is 2.71 bits per heavy atom. The van der Waals surface area contributed by atoms with E-state index in [9.17, 15) is 4.39 Å². The molecule has 0 saturated carbocycles. The van der Waals surface area contributed by atoms with E-state index in [2.05, 4.69) is 15.3 Å². The van der Waals surface area contributed by atoms with E-state index < -0.39 is 5.82 Å². The van der Waals surface area contributed by atoms with Gasteiger partial charge in [0.2, 0.25) is 5.95 Å². The van der Waals surface area contributed by atoms with Crippen molar-refractivity contribution in [2.75, 3.05) is 11.1 Å². The lowest BCUT2D eigenvalue weighted by Crippen LogP contribution is -2.00. The fourth-order valence-corrected chi connectivity index (χ4v) is 1.50. The molecule has 0 spiro atoms. The number of benzene rings is 1. The minimum absolute atomic E-state index is 0.00755. The van der Waals surface area contributed by atoms with Gasteiger partial charge >= 0.3 is 0 Å². The van der Waals surface area contributed by atoms with E-state index in [4.69, 9.17) is 28.9 Å². The first-order valence-electron chi connectivity index (χ1n) is 4.56. The zero-order valence-electron chi connectivity index (χ0n) is 8.42. The van der Waals surface area contributed by atoms with Crippen LogP contribution in [-0.4, -0.2) is 9.97 Å². The van der Waals surface area contributed by atoms with Gasteiger partial charge in [-0.3, -0.25) is 0 Å². The molecule has 1 heterocycles. The molecule has 0 bridgehead atoms. The molecule has 0 aliphatic carbocycles. The predicted octanol–water partition coefficient (Wildman–Crippen LogP) is 3.25. The van der Waals surface area contributed by atoms with E-state index in [0.29, 0.717) is 16.5 Å². The molecule has 88 valence electrons. The number of nitrogen functional groups attached to an aromatic ring is 1. The molecular formula is C10H7Cl2FN4. The van der Waals surface area contributed by atoms with Gasteiger partial charge in [0.25, 0.3) is 0 Å². The summed E-state index contributed by atoms with van der Waals surface area (Å²) in [4.78, 5) is 7.63. The van der Waals surface area contributed by atoms with Crippen LogP contribution < -0.4 is 11.1 Å². The first-order chi connectivity index (χ1) is 8.06. The van der Waals surface area contributed by atoms with Gasteiger partial charge in [-0.05, 0) is 18.2 Å². The van der Waals surface area contributed by atoms with E-state index in [-0.39, 0.29) is 11.0 Å². The molecule has 0 unspecified atom stereocenters. The normalized spacial score (nSPS) is 10.3. The highest BCUT2D eigenvalue weighted by Crippen LogP contribution is 2.25. The van der Waals surface area contributed by atoms with Crippen LogP contribution >= 0.6 is 23.2 Å². The lowest BCUT2D eigenvalue weighted by atomic mass is 10.3. The topological polar surface area (TPSA) is 63.8 Å². The van der Waals surface area contributed by atoms with Crippen molar-refractivity contribution in [3.63, 3.8) is 0 Å². The summed E-state index contributed by atoms with van der Waals surface area (Å²) in [7, 11) is 0. The Balaban J connectivity index is 2.31. The number of nitrogens with one attached hydrogen (secondary N) is 1. The maximum atomic E-state index is 12.9. The predicted molar refractivity (Wildman–Crippen MR) is 66.1 cm³/mol. The molecule has 0 saturated heterocycles. The molecule has 17 heavy (non-hydrogen) atoms. The van der Waals surface area contributed by atoms with Crippen molar-refractivity contribution >= 4 is 40.7 Å². The van der Waals surface area contributed by atoms with Gasteiger partial charge in [-0.1, -0.05) is 23.2 Å². The summed E-state index contributed by atoms with van der Waals surface area (Å²) in [5.41, 5.74) is 5.98. The summed E-state index contributed by atoms with van der Waals surface area (Å²) < 4.78 is 12.9. The van der Waals surface area contributed by atoms with Gasteiger partial charge in [0.1, 0.15) is 10.8 Å². The molecule has 0 aliphatic rings. The molecule has 0 fully saturated rings. The number of anilines is 3. The highest BCUT2D eigenvalue weighted by atomic mass is 35.5. The van der Waals surface area contributed by atoms with Crippen molar-refractivity contribution < 1.29 is 4.39 Å². The van der Waals surface area contributed by atoms with E-state index in [0.717, 1.165) is 0 Å². The van der Waals surface area contributed by atoms with Gasteiger partial charge < -0.3 is 11.1 Å². The zero-order chi connectivity index (χ0) is 12.4. The molecule has 2 rings (SSSR count). The fraction of sp³-hybridized carbons (Fsp3) is 0. The fourth-order valence-electron chi connectivity index (χ4n) is 1.18. The molecule has 4 nitrogen and oxygen atoms in total. The van der Waals surface area contributed by atoms with E-state index in [1.54, 1.807) is 0 Å². The number of hydrogen-bond acceptors (Lipinski definition) is 4. The third kappa shape index (κ3) is 2.75. The van der Waals surface area contributed by atoms with Gasteiger partial charge in [-0.2, -0.15) is 4.98 Å². The Morgan fingerprint density at radius 1 is 1.24 bits per heavy atom. The summed E-state index contributed by atoms with van der Waals surface area (Å²) >= 11 is 11.5. The highest BCUT2D eigenvalue weighted by Gasteiger charge is 2.06. The second kappa shape index (κ2) is 4.73. The average Bonchev–Trinajstić information content (AvgIpc) is 2.29. The quantitative estimate of drug-likeness (QED) is 0.881. The first kappa shape index (κ1) is 11.9. The van der Waals surface area contributed by atoms with Gasteiger partial charge in [-0.15, -0.1) is 0 Å². The maximum absolute atomic E-state index is 12.9. The molecule has 0 aliphatic heterocycles. The SMILES string of the molecule is Nc1ncc(Cl)c(Nc2ccc(F)c(Cl)c2)n1. The number of halogens is 3. The maximum Gasteiger partial charge on any atom is 0.222 e. The Bertz CT molecular complexity index is 562. The third-order valence-corrected chi connectivity index (χ3v) is 2.51. The Morgan fingerprint density at radius 2 is 2.00 bits per heavy atom. The van der Waals surface area contributed by atoms with Crippen molar-refractivity contribution in [1.82, 2.24) is 9.97 Å². The van der Waals surface area contributed by atoms with Gasteiger partial charge in [0, 0.05) is 5.69 Å². The number of rotatable bonds is 2. The van der Waals surface area contributed by atoms with E-state index in [1.807, 2.05) is 0 Å². The molecule has 0 atom stereocenters. The van der Waals surface area contributed by atoms with Crippen LogP contribution in [0.15, 0.2) is 24.4 Å². The summed E-state index contributed by atoms with van der Waals surface area (Å²) in [6, 6.07) is 4.17. The van der Waals surface area contributed by atoms with Crippen LogP contribution in [0.5, 0.6) is 0 Å². The minimum atomic E-state index is -0.495. The Labute approximate surface area is 107 Å². The monoisotopic (exact) mass is 272 g/mol. The number of nitrogens with zero attached hydrogens (tertiary/aromatic N) is 2. The van der Waals surface area contributed by atoms with Crippen molar-refractivity contribution in [1.29, 1.82) is 0 Å². The van der Waals surface area contributed by atoms with Crippen LogP contribution in [0, 0.1) is 5.82 Å². The highest BCUT2D eigenvalue weighted by molar-refractivity contribution is 6.33. The second-order valence-corrected chi connectivity index (χ2v) is 3.99. The minimum Gasteiger partial charge on any atom is -0.368 e. The summed E-state index contributed by atoms with van der Waals surface area (Å²) in [5, 5.41) is 3.18. The largest absolute Gasteiger partial charge is 0.368 e. The second-order valence-electron chi connectivity index (χ2n) is 3.18. The summed E-state index contributed by atoms with van der Waals surface area (Å²) in [6.07, 6.45) is 1.37. The van der Waals surface area contributed by atoms with Gasteiger partial charge in [-0.25, -0.2) is 9.37 Å². The number of hydrogen-bond donors (Lipinski definition) is 2. The summed E-state index contributed by atoms with van der Waals surface area (Å²) in [5.74, 6) is -0.0718. The van der Waals surface area contributed by atoms with Crippen molar-refractivity contribution in [3.05, 3.63) is 40.3 Å². The van der Waals surface area contributed by atoms with Crippen LogP contribution in [0.3, 0.4) is 0 Å². The van der Waals surface area contributed by atoms with Crippen molar-refractivity contribution in [2.24, 2.45) is 0 Å². The standard InChI is InChI=1S/C10H7Cl2FN4/c11-6-3-5(1-2-8(6)13)16-9-7(12)4-15-10(14)17-9/h1-4H,(H3,14,15,16,17). The molecule has 1 aromatic heterocycles. The van der Waals surface area contributed by atoms with Crippen molar-refractivity contribution in [3.8, 4) is 0 Å².